The lowest BCUT2D eigenvalue weighted by Crippen LogP contribution is -2.52. The van der Waals surface area contributed by atoms with E-state index < -0.39 is 17.9 Å². The van der Waals surface area contributed by atoms with Crippen molar-refractivity contribution in [3.63, 3.8) is 0 Å². The molecule has 0 radical (unpaired) electrons. The number of halogens is 1. The number of ether oxygens (including phenoxy) is 1. The predicted octanol–water partition coefficient (Wildman–Crippen LogP) is 1.11. The number of aryl methyl sites for hydroxylation is 2. The number of nitrogens with zero attached hydrogens (tertiary/aromatic N) is 1. The molecule has 1 heterocycles. The average Bonchev–Trinajstić information content (AvgIpc) is 2.42. The number of hydrogen-bond donors (Lipinski definition) is 2. The number of amides is 2. The summed E-state index contributed by atoms with van der Waals surface area (Å²) in [5.74, 6) is -0.218. The van der Waals surface area contributed by atoms with Gasteiger partial charge in [0.1, 0.15) is 11.6 Å². The van der Waals surface area contributed by atoms with Crippen LogP contribution in [0.2, 0.25) is 5.02 Å². The molecule has 0 bridgehead atoms. The molecule has 1 unspecified atom stereocenters. The molecule has 21 heavy (non-hydrogen) atoms. The number of carbonyl (C=O) groups excluding carboxylic acids is 2. The normalized spacial score (nSPS) is 18.3. The van der Waals surface area contributed by atoms with Crippen LogP contribution in [0.4, 0.5) is 0 Å². The van der Waals surface area contributed by atoms with Gasteiger partial charge in [-0.2, -0.15) is 4.99 Å². The summed E-state index contributed by atoms with van der Waals surface area (Å²) in [7, 11) is 0. The molecule has 1 aliphatic rings. The van der Waals surface area contributed by atoms with Gasteiger partial charge in [-0.1, -0.05) is 11.6 Å². The molecule has 1 aromatic carbocycles. The summed E-state index contributed by atoms with van der Waals surface area (Å²) in [5, 5.41) is 3.19. The van der Waals surface area contributed by atoms with Crippen LogP contribution >= 0.6 is 11.6 Å². The maximum atomic E-state index is 11.4. The van der Waals surface area contributed by atoms with Crippen molar-refractivity contribution in [1.82, 2.24) is 5.32 Å². The number of hydrogen-bond acceptors (Lipinski definition) is 4. The fraction of sp³-hybridized carbons (Fsp3) is 0.357. The van der Waals surface area contributed by atoms with E-state index in [4.69, 9.17) is 22.1 Å². The zero-order valence-electron chi connectivity index (χ0n) is 11.8. The minimum atomic E-state index is -1.21. The van der Waals surface area contributed by atoms with E-state index in [1.807, 2.05) is 26.0 Å². The molecule has 0 fully saturated rings. The smallest absolute Gasteiger partial charge is 0.273 e. The number of amidine groups is 1. The first-order valence-corrected chi connectivity index (χ1v) is 6.83. The Morgan fingerprint density at radius 1 is 1.33 bits per heavy atom. The predicted molar refractivity (Wildman–Crippen MR) is 79.6 cm³/mol. The monoisotopic (exact) mass is 309 g/mol. The molecule has 1 aliphatic heterocycles. The van der Waals surface area contributed by atoms with Crippen molar-refractivity contribution in [2.24, 2.45) is 10.7 Å². The quantitative estimate of drug-likeness (QED) is 0.815. The molecule has 0 saturated heterocycles. The number of benzene rings is 1. The van der Waals surface area contributed by atoms with E-state index in [0.29, 0.717) is 17.2 Å². The highest BCUT2D eigenvalue weighted by Gasteiger charge is 2.27. The fourth-order valence-corrected chi connectivity index (χ4v) is 2.05. The maximum absolute atomic E-state index is 11.4. The Balaban J connectivity index is 1.95. The third kappa shape index (κ3) is 3.59. The van der Waals surface area contributed by atoms with Crippen molar-refractivity contribution in [2.75, 3.05) is 6.61 Å². The first-order valence-electron chi connectivity index (χ1n) is 6.46. The van der Waals surface area contributed by atoms with Crippen LogP contribution in [0.1, 0.15) is 17.5 Å². The summed E-state index contributed by atoms with van der Waals surface area (Å²) in [6.45, 7) is 4.07. The Labute approximate surface area is 127 Å². The Morgan fingerprint density at radius 3 is 2.52 bits per heavy atom. The molecule has 7 heteroatoms. The summed E-state index contributed by atoms with van der Waals surface area (Å²) in [6, 6.07) is 2.45. The maximum Gasteiger partial charge on any atom is 0.273 e. The third-order valence-corrected chi connectivity index (χ3v) is 3.67. The molecule has 0 spiro atoms. The van der Waals surface area contributed by atoms with Gasteiger partial charge >= 0.3 is 0 Å². The zero-order chi connectivity index (χ0) is 15.6. The number of nitrogens with one attached hydrogen (secondary N) is 1. The fourth-order valence-electron chi connectivity index (χ4n) is 1.94. The van der Waals surface area contributed by atoms with Gasteiger partial charge in [-0.3, -0.25) is 9.59 Å². The van der Waals surface area contributed by atoms with E-state index in [9.17, 15) is 9.59 Å². The lowest BCUT2D eigenvalue weighted by atomic mass is 10.1. The van der Waals surface area contributed by atoms with Gasteiger partial charge in [0.25, 0.3) is 11.8 Å². The molecule has 6 nitrogen and oxygen atoms in total. The van der Waals surface area contributed by atoms with Crippen LogP contribution < -0.4 is 15.8 Å². The van der Waals surface area contributed by atoms with E-state index in [2.05, 4.69) is 10.3 Å². The third-order valence-electron chi connectivity index (χ3n) is 3.08. The number of carbonyl (C=O) groups is 2. The highest BCUT2D eigenvalue weighted by Crippen LogP contribution is 2.25. The summed E-state index contributed by atoms with van der Waals surface area (Å²) < 4.78 is 5.59. The van der Waals surface area contributed by atoms with Gasteiger partial charge < -0.3 is 15.8 Å². The van der Waals surface area contributed by atoms with Gasteiger partial charge in [-0.05, 0) is 37.1 Å². The molecule has 0 aliphatic carbocycles. The molecule has 2 amide bonds. The van der Waals surface area contributed by atoms with Crippen molar-refractivity contribution in [3.8, 4) is 5.75 Å². The second-order valence-electron chi connectivity index (χ2n) is 4.83. The second-order valence-corrected chi connectivity index (χ2v) is 5.21. The minimum Gasteiger partial charge on any atom is -0.493 e. The topological polar surface area (TPSA) is 93.8 Å². The Kier molecular flexibility index (Phi) is 4.59. The van der Waals surface area contributed by atoms with Gasteiger partial charge in [-0.25, -0.2) is 0 Å². The molecule has 0 aromatic heterocycles. The van der Waals surface area contributed by atoms with Crippen LogP contribution in [-0.4, -0.2) is 30.3 Å². The van der Waals surface area contributed by atoms with Crippen molar-refractivity contribution in [1.29, 1.82) is 0 Å². The standard InChI is InChI=1S/C14H16ClN3O3/c1-7-5-9(6-8(2)11(7)15)21-4-3-10-17-13(19)12(16)14(20)18-10/h5-6,12H,3-4,16H2,1-2H3,(H,17,18,19,20). The summed E-state index contributed by atoms with van der Waals surface area (Å²) in [6.07, 6.45) is 0.310. The number of rotatable bonds is 4. The van der Waals surface area contributed by atoms with Gasteiger partial charge in [0, 0.05) is 11.4 Å². The van der Waals surface area contributed by atoms with Gasteiger partial charge in [0.05, 0.1) is 6.61 Å². The molecular formula is C14H16ClN3O3. The Morgan fingerprint density at radius 2 is 1.95 bits per heavy atom. The van der Waals surface area contributed by atoms with Crippen LogP contribution in [0.15, 0.2) is 17.1 Å². The van der Waals surface area contributed by atoms with E-state index >= 15 is 0 Å². The molecule has 112 valence electrons. The van der Waals surface area contributed by atoms with E-state index in [1.165, 1.54) is 0 Å². The van der Waals surface area contributed by atoms with Gasteiger partial charge in [0.15, 0.2) is 6.04 Å². The van der Waals surface area contributed by atoms with Crippen molar-refractivity contribution >= 4 is 29.3 Å². The van der Waals surface area contributed by atoms with E-state index in [-0.39, 0.29) is 12.4 Å². The highest BCUT2D eigenvalue weighted by atomic mass is 35.5. The molecule has 2 rings (SSSR count). The lowest BCUT2D eigenvalue weighted by molar-refractivity contribution is -0.129. The molecule has 3 N–H and O–H groups in total. The number of nitrogens with two attached hydrogens (primary N) is 1. The molecule has 1 aromatic rings. The van der Waals surface area contributed by atoms with Gasteiger partial charge in [0.2, 0.25) is 0 Å². The van der Waals surface area contributed by atoms with E-state index in [0.717, 1.165) is 11.1 Å². The van der Waals surface area contributed by atoms with Gasteiger partial charge in [-0.15, -0.1) is 0 Å². The molecular weight excluding hydrogens is 294 g/mol. The van der Waals surface area contributed by atoms with Crippen LogP contribution in [0.25, 0.3) is 0 Å². The van der Waals surface area contributed by atoms with Crippen LogP contribution in [0, 0.1) is 13.8 Å². The van der Waals surface area contributed by atoms with Crippen molar-refractivity contribution < 1.29 is 14.3 Å². The van der Waals surface area contributed by atoms with Crippen molar-refractivity contribution in [2.45, 2.75) is 26.3 Å². The van der Waals surface area contributed by atoms with Crippen LogP contribution in [-0.2, 0) is 9.59 Å². The summed E-state index contributed by atoms with van der Waals surface area (Å²) in [4.78, 5) is 26.4. The SMILES string of the molecule is Cc1cc(OCCC2=NC(=O)C(N)C(=O)N2)cc(C)c1Cl. The average molecular weight is 310 g/mol. The minimum absolute atomic E-state index is 0.272. The van der Waals surface area contributed by atoms with Crippen LogP contribution in [0.5, 0.6) is 5.75 Å². The van der Waals surface area contributed by atoms with Crippen molar-refractivity contribution in [3.05, 3.63) is 28.3 Å². The highest BCUT2D eigenvalue weighted by molar-refractivity contribution is 6.32. The van der Waals surface area contributed by atoms with Crippen LogP contribution in [0.3, 0.4) is 0 Å². The molecule has 1 atom stereocenters. The lowest BCUT2D eigenvalue weighted by Gasteiger charge is -2.17. The largest absolute Gasteiger partial charge is 0.493 e. The van der Waals surface area contributed by atoms with E-state index in [1.54, 1.807) is 0 Å². The Bertz CT molecular complexity index is 605. The summed E-state index contributed by atoms with van der Waals surface area (Å²) in [5.41, 5.74) is 7.19. The Hall–Kier alpha value is -1.92. The first kappa shape index (κ1) is 15.5. The second kappa shape index (κ2) is 6.24. The first-order chi connectivity index (χ1) is 9.88. The summed E-state index contributed by atoms with van der Waals surface area (Å²) >= 11 is 6.08. The molecule has 0 saturated carbocycles. The number of aliphatic imine (C=N–C) groups is 1. The zero-order valence-corrected chi connectivity index (χ0v) is 12.5.